The van der Waals surface area contributed by atoms with Crippen LogP contribution in [0.4, 0.5) is 0 Å². The van der Waals surface area contributed by atoms with Gasteiger partial charge in [0.25, 0.3) is 0 Å². The molecular formula is C15H24N2O4. The van der Waals surface area contributed by atoms with Crippen molar-refractivity contribution >= 4 is 17.8 Å². The lowest BCUT2D eigenvalue weighted by molar-refractivity contribution is -0.147. The first-order valence-corrected chi connectivity index (χ1v) is 7.74. The molecule has 0 bridgehead atoms. The summed E-state index contributed by atoms with van der Waals surface area (Å²) in [5, 5.41) is 9.05. The second kappa shape index (κ2) is 6.91. The van der Waals surface area contributed by atoms with E-state index in [4.69, 9.17) is 5.11 Å². The highest BCUT2D eigenvalue weighted by Crippen LogP contribution is 2.26. The van der Waals surface area contributed by atoms with Crippen LogP contribution in [0, 0.1) is 11.8 Å². The van der Waals surface area contributed by atoms with Crippen molar-refractivity contribution in [1.82, 2.24) is 9.80 Å². The molecule has 0 spiro atoms. The third kappa shape index (κ3) is 3.95. The number of carboxylic acids is 1. The number of hydrogen-bond donors (Lipinski definition) is 1. The molecule has 2 rings (SSSR count). The number of amides is 2. The van der Waals surface area contributed by atoms with Crippen LogP contribution < -0.4 is 0 Å². The van der Waals surface area contributed by atoms with Crippen molar-refractivity contribution in [2.75, 3.05) is 26.7 Å². The van der Waals surface area contributed by atoms with E-state index in [1.165, 1.54) is 4.90 Å². The van der Waals surface area contributed by atoms with Gasteiger partial charge in [0.1, 0.15) is 0 Å². The van der Waals surface area contributed by atoms with E-state index >= 15 is 0 Å². The Balaban J connectivity index is 1.85. The Morgan fingerprint density at radius 1 is 1.10 bits per heavy atom. The van der Waals surface area contributed by atoms with Gasteiger partial charge in [-0.2, -0.15) is 0 Å². The van der Waals surface area contributed by atoms with Crippen LogP contribution in [0.2, 0.25) is 0 Å². The Morgan fingerprint density at radius 3 is 2.33 bits per heavy atom. The summed E-state index contributed by atoms with van der Waals surface area (Å²) in [5.41, 5.74) is 0. The van der Waals surface area contributed by atoms with Gasteiger partial charge < -0.3 is 14.9 Å². The Labute approximate surface area is 125 Å². The lowest BCUT2D eigenvalue weighted by Gasteiger charge is -2.32. The van der Waals surface area contributed by atoms with Gasteiger partial charge in [0.2, 0.25) is 11.8 Å². The highest BCUT2D eigenvalue weighted by molar-refractivity contribution is 5.86. The maximum atomic E-state index is 12.2. The van der Waals surface area contributed by atoms with E-state index in [9.17, 15) is 14.4 Å². The Bertz CT molecular complexity index is 418. The molecule has 1 atom stereocenters. The zero-order valence-electron chi connectivity index (χ0n) is 12.6. The Kier molecular flexibility index (Phi) is 5.20. The predicted molar refractivity (Wildman–Crippen MR) is 76.5 cm³/mol. The lowest BCUT2D eigenvalue weighted by Crippen LogP contribution is -2.47. The van der Waals surface area contributed by atoms with Crippen molar-refractivity contribution in [3.05, 3.63) is 0 Å². The first-order valence-electron chi connectivity index (χ1n) is 7.74. The van der Waals surface area contributed by atoms with Gasteiger partial charge in [-0.05, 0) is 25.7 Å². The fourth-order valence-corrected chi connectivity index (χ4v) is 3.27. The maximum Gasteiger partial charge on any atom is 0.308 e. The molecule has 6 nitrogen and oxygen atoms in total. The van der Waals surface area contributed by atoms with E-state index in [0.29, 0.717) is 19.4 Å². The number of likely N-dealkylation sites (N-methyl/N-ethyl adjacent to an activating group) is 1. The number of carboxylic acid groups (broad SMARTS) is 1. The first-order chi connectivity index (χ1) is 9.99. The van der Waals surface area contributed by atoms with Crippen LogP contribution >= 0.6 is 0 Å². The molecule has 0 aromatic carbocycles. The molecule has 1 N–H and O–H groups in total. The number of aliphatic carboxylic acids is 1. The number of rotatable bonds is 4. The minimum atomic E-state index is -0.845. The molecule has 1 saturated carbocycles. The van der Waals surface area contributed by atoms with Crippen LogP contribution in [0.5, 0.6) is 0 Å². The fraction of sp³-hybridized carbons (Fsp3) is 0.800. The monoisotopic (exact) mass is 296 g/mol. The molecule has 1 saturated heterocycles. The van der Waals surface area contributed by atoms with E-state index in [-0.39, 0.29) is 30.8 Å². The number of nitrogens with zero attached hydrogens (tertiary/aromatic N) is 2. The second-order valence-electron chi connectivity index (χ2n) is 6.19. The normalized spacial score (nSPS) is 23.1. The van der Waals surface area contributed by atoms with Crippen molar-refractivity contribution in [2.45, 2.75) is 38.5 Å². The molecule has 1 aliphatic heterocycles. The zero-order valence-corrected chi connectivity index (χ0v) is 12.6. The number of carbonyl (C=O) groups is 3. The first kappa shape index (κ1) is 15.8. The average molecular weight is 296 g/mol. The van der Waals surface area contributed by atoms with Gasteiger partial charge in [-0.25, -0.2) is 0 Å². The summed E-state index contributed by atoms with van der Waals surface area (Å²) in [6.07, 6.45) is 5.35. The van der Waals surface area contributed by atoms with E-state index in [1.54, 1.807) is 11.9 Å². The third-order valence-corrected chi connectivity index (χ3v) is 4.58. The summed E-state index contributed by atoms with van der Waals surface area (Å²) in [4.78, 5) is 38.5. The molecule has 21 heavy (non-hydrogen) atoms. The van der Waals surface area contributed by atoms with Crippen LogP contribution in [0.25, 0.3) is 0 Å². The van der Waals surface area contributed by atoms with E-state index in [0.717, 1.165) is 25.7 Å². The molecule has 118 valence electrons. The second-order valence-corrected chi connectivity index (χ2v) is 6.19. The molecule has 1 aliphatic carbocycles. The molecular weight excluding hydrogens is 272 g/mol. The Hall–Kier alpha value is -1.59. The van der Waals surface area contributed by atoms with Gasteiger partial charge in [0.05, 0.1) is 12.5 Å². The molecule has 0 aromatic rings. The van der Waals surface area contributed by atoms with Gasteiger partial charge in [-0.3, -0.25) is 14.4 Å². The van der Waals surface area contributed by atoms with Crippen LogP contribution in [0.15, 0.2) is 0 Å². The van der Waals surface area contributed by atoms with Gasteiger partial charge in [-0.1, -0.05) is 12.8 Å². The number of likely N-dealkylation sites (tertiary alicyclic amines) is 1. The van der Waals surface area contributed by atoms with Gasteiger partial charge in [-0.15, -0.1) is 0 Å². The topological polar surface area (TPSA) is 77.9 Å². The summed E-state index contributed by atoms with van der Waals surface area (Å²) in [6.45, 7) is 0.912. The third-order valence-electron chi connectivity index (χ3n) is 4.58. The van der Waals surface area contributed by atoms with E-state index < -0.39 is 11.9 Å². The smallest absolute Gasteiger partial charge is 0.308 e. The highest BCUT2D eigenvalue weighted by atomic mass is 16.4. The van der Waals surface area contributed by atoms with Gasteiger partial charge >= 0.3 is 5.97 Å². The molecule has 2 fully saturated rings. The summed E-state index contributed by atoms with van der Waals surface area (Å²) in [5.74, 6) is -1.35. The lowest BCUT2D eigenvalue weighted by atomic mass is 9.98. The molecule has 1 heterocycles. The summed E-state index contributed by atoms with van der Waals surface area (Å²) in [7, 11) is 1.66. The molecule has 0 radical (unpaired) electrons. The minimum absolute atomic E-state index is 0.0487. The van der Waals surface area contributed by atoms with Crippen molar-refractivity contribution in [3.63, 3.8) is 0 Å². The molecule has 6 heteroatoms. The fourth-order valence-electron chi connectivity index (χ4n) is 3.27. The highest BCUT2D eigenvalue weighted by Gasteiger charge is 2.30. The maximum absolute atomic E-state index is 12.2. The van der Waals surface area contributed by atoms with Crippen LogP contribution in [0.3, 0.4) is 0 Å². The van der Waals surface area contributed by atoms with Gasteiger partial charge in [0.15, 0.2) is 0 Å². The van der Waals surface area contributed by atoms with Crippen LogP contribution in [-0.4, -0.2) is 59.4 Å². The SMILES string of the molecule is CN(CC(=O)N1CCCC(C(=O)O)C1)C(=O)C1CCCC1. The van der Waals surface area contributed by atoms with Gasteiger partial charge in [0, 0.05) is 26.1 Å². The average Bonchev–Trinajstić information content (AvgIpc) is 3.00. The quantitative estimate of drug-likeness (QED) is 0.838. The molecule has 1 unspecified atom stereocenters. The van der Waals surface area contributed by atoms with E-state index in [1.807, 2.05) is 0 Å². The summed E-state index contributed by atoms with van der Waals surface area (Å²) in [6, 6.07) is 0. The van der Waals surface area contributed by atoms with Crippen molar-refractivity contribution in [2.24, 2.45) is 11.8 Å². The number of hydrogen-bond acceptors (Lipinski definition) is 3. The standard InChI is InChI=1S/C15H24N2O4/c1-16(14(19)11-5-2-3-6-11)10-13(18)17-8-4-7-12(9-17)15(20)21/h11-12H,2-10H2,1H3,(H,20,21). The van der Waals surface area contributed by atoms with E-state index in [2.05, 4.69) is 0 Å². The molecule has 2 aliphatic rings. The zero-order chi connectivity index (χ0) is 15.4. The number of piperidine rings is 1. The summed E-state index contributed by atoms with van der Waals surface area (Å²) >= 11 is 0. The van der Waals surface area contributed by atoms with Crippen molar-refractivity contribution in [3.8, 4) is 0 Å². The predicted octanol–water partition coefficient (Wildman–Crippen LogP) is 0.958. The van der Waals surface area contributed by atoms with Crippen LogP contribution in [-0.2, 0) is 14.4 Å². The van der Waals surface area contributed by atoms with Crippen molar-refractivity contribution in [1.29, 1.82) is 0 Å². The number of carbonyl (C=O) groups excluding carboxylic acids is 2. The van der Waals surface area contributed by atoms with Crippen LogP contribution in [0.1, 0.15) is 38.5 Å². The Morgan fingerprint density at radius 2 is 1.71 bits per heavy atom. The summed E-state index contributed by atoms with van der Waals surface area (Å²) < 4.78 is 0. The minimum Gasteiger partial charge on any atom is -0.481 e. The van der Waals surface area contributed by atoms with Crippen molar-refractivity contribution < 1.29 is 19.5 Å². The molecule has 0 aromatic heterocycles. The largest absolute Gasteiger partial charge is 0.481 e. The molecule has 2 amide bonds.